The molecule has 7 nitrogen and oxygen atoms in total. The lowest BCUT2D eigenvalue weighted by atomic mass is 10.1. The van der Waals surface area contributed by atoms with Crippen LogP contribution in [0.2, 0.25) is 0 Å². The van der Waals surface area contributed by atoms with Crippen molar-refractivity contribution < 1.29 is 14.3 Å². The van der Waals surface area contributed by atoms with Crippen LogP contribution in [-0.4, -0.2) is 22.7 Å². The Morgan fingerprint density at radius 2 is 1.82 bits per heavy atom. The number of anilines is 2. The summed E-state index contributed by atoms with van der Waals surface area (Å²) in [5, 5.41) is 6.16. The molecule has 7 heteroatoms. The lowest BCUT2D eigenvalue weighted by molar-refractivity contribution is 0.102. The second-order valence-electron chi connectivity index (χ2n) is 6.48. The molecule has 1 atom stereocenters. The summed E-state index contributed by atoms with van der Waals surface area (Å²) in [6.45, 7) is 3.99. The molecule has 1 amide bonds. The van der Waals surface area contributed by atoms with Crippen molar-refractivity contribution in [3.63, 3.8) is 0 Å². The Balaban J connectivity index is 1.50. The normalized spacial score (nSPS) is 13.1. The maximum atomic E-state index is 12.7. The van der Waals surface area contributed by atoms with E-state index in [-0.39, 0.29) is 24.4 Å². The average Bonchev–Trinajstić information content (AvgIpc) is 3.16. The molecule has 1 aromatic heterocycles. The predicted molar refractivity (Wildman–Crippen MR) is 106 cm³/mol. The molecule has 1 aliphatic heterocycles. The van der Waals surface area contributed by atoms with E-state index < -0.39 is 0 Å². The number of rotatable bonds is 5. The number of aromatic nitrogens is 2. The fraction of sp³-hybridized carbons (Fsp3) is 0.190. The third kappa shape index (κ3) is 3.88. The smallest absolute Gasteiger partial charge is 0.274 e. The van der Waals surface area contributed by atoms with Crippen LogP contribution in [0.3, 0.4) is 0 Å². The number of aryl methyl sites for hydroxylation is 1. The molecule has 0 spiro atoms. The molecule has 3 aromatic rings. The van der Waals surface area contributed by atoms with Crippen LogP contribution in [-0.2, 0) is 0 Å². The summed E-state index contributed by atoms with van der Waals surface area (Å²) in [6.07, 6.45) is 0. The van der Waals surface area contributed by atoms with Crippen LogP contribution in [0, 0.1) is 6.92 Å². The van der Waals surface area contributed by atoms with Gasteiger partial charge in [-0.15, -0.1) is 0 Å². The molecule has 0 bridgehead atoms. The summed E-state index contributed by atoms with van der Waals surface area (Å²) >= 11 is 0. The highest BCUT2D eigenvalue weighted by Crippen LogP contribution is 2.34. The largest absolute Gasteiger partial charge is 0.454 e. The molecule has 0 saturated carbocycles. The number of nitrogens with zero attached hydrogens (tertiary/aromatic N) is 2. The molecule has 2 N–H and O–H groups in total. The van der Waals surface area contributed by atoms with Gasteiger partial charge in [-0.1, -0.05) is 30.3 Å². The van der Waals surface area contributed by atoms with E-state index in [0.29, 0.717) is 28.8 Å². The minimum atomic E-state index is -0.320. The van der Waals surface area contributed by atoms with Crippen LogP contribution in [0.1, 0.15) is 34.8 Å². The van der Waals surface area contributed by atoms with Crippen molar-refractivity contribution in [1.29, 1.82) is 0 Å². The number of carbonyl (C=O) groups is 1. The van der Waals surface area contributed by atoms with Crippen molar-refractivity contribution in [3.8, 4) is 11.5 Å². The van der Waals surface area contributed by atoms with Gasteiger partial charge >= 0.3 is 0 Å². The fourth-order valence-corrected chi connectivity index (χ4v) is 2.97. The van der Waals surface area contributed by atoms with Crippen molar-refractivity contribution in [1.82, 2.24) is 9.97 Å². The second kappa shape index (κ2) is 7.56. The third-order valence-electron chi connectivity index (χ3n) is 4.36. The summed E-state index contributed by atoms with van der Waals surface area (Å²) in [4.78, 5) is 21.3. The minimum Gasteiger partial charge on any atom is -0.454 e. The molecule has 2 aromatic carbocycles. The van der Waals surface area contributed by atoms with E-state index in [4.69, 9.17) is 9.47 Å². The molecule has 0 saturated heterocycles. The summed E-state index contributed by atoms with van der Waals surface area (Å²) < 4.78 is 10.6. The number of hydrogen-bond acceptors (Lipinski definition) is 6. The number of ether oxygens (including phenoxy) is 2. The molecule has 0 fully saturated rings. The Kier molecular flexibility index (Phi) is 4.80. The molecular formula is C21H20N4O3. The van der Waals surface area contributed by atoms with Crippen molar-refractivity contribution >= 4 is 17.4 Å². The van der Waals surface area contributed by atoms with Crippen LogP contribution in [0.15, 0.2) is 54.6 Å². The van der Waals surface area contributed by atoms with E-state index in [0.717, 1.165) is 5.56 Å². The van der Waals surface area contributed by atoms with Crippen LogP contribution < -0.4 is 20.1 Å². The van der Waals surface area contributed by atoms with Gasteiger partial charge in [0.1, 0.15) is 17.3 Å². The topological polar surface area (TPSA) is 85.4 Å². The van der Waals surface area contributed by atoms with Crippen molar-refractivity contribution in [3.05, 3.63) is 71.7 Å². The van der Waals surface area contributed by atoms with Crippen molar-refractivity contribution in [2.24, 2.45) is 0 Å². The number of nitrogens with one attached hydrogen (secondary N) is 2. The van der Waals surface area contributed by atoms with E-state index in [1.54, 1.807) is 31.2 Å². The van der Waals surface area contributed by atoms with Gasteiger partial charge in [0.05, 0.1) is 0 Å². The highest BCUT2D eigenvalue weighted by molar-refractivity contribution is 6.03. The Labute approximate surface area is 162 Å². The molecule has 1 aliphatic rings. The van der Waals surface area contributed by atoms with Crippen molar-refractivity contribution in [2.45, 2.75) is 19.9 Å². The van der Waals surface area contributed by atoms with Gasteiger partial charge in [-0.25, -0.2) is 9.97 Å². The number of amides is 1. The lowest BCUT2D eigenvalue weighted by Gasteiger charge is -2.16. The van der Waals surface area contributed by atoms with Crippen molar-refractivity contribution in [2.75, 3.05) is 17.4 Å². The number of fused-ring (bicyclic) bond motifs is 1. The zero-order valence-corrected chi connectivity index (χ0v) is 15.6. The monoisotopic (exact) mass is 376 g/mol. The van der Waals surface area contributed by atoms with Crippen LogP contribution in [0.25, 0.3) is 0 Å². The summed E-state index contributed by atoms with van der Waals surface area (Å²) in [6, 6.07) is 17.0. The predicted octanol–water partition coefficient (Wildman–Crippen LogP) is 3.94. The maximum Gasteiger partial charge on any atom is 0.274 e. The summed E-state index contributed by atoms with van der Waals surface area (Å²) in [7, 11) is 0. The fourth-order valence-electron chi connectivity index (χ4n) is 2.97. The summed E-state index contributed by atoms with van der Waals surface area (Å²) in [5.41, 5.74) is 2.02. The van der Waals surface area contributed by atoms with Crippen LogP contribution in [0.5, 0.6) is 11.5 Å². The third-order valence-corrected chi connectivity index (χ3v) is 4.36. The van der Waals surface area contributed by atoms with Gasteiger partial charge in [0.15, 0.2) is 11.5 Å². The molecular weight excluding hydrogens is 356 g/mol. The number of benzene rings is 2. The van der Waals surface area contributed by atoms with E-state index in [1.807, 2.05) is 37.3 Å². The zero-order chi connectivity index (χ0) is 19.5. The van der Waals surface area contributed by atoms with Gasteiger partial charge in [0.2, 0.25) is 6.79 Å². The summed E-state index contributed by atoms with van der Waals surface area (Å²) in [5.74, 6) is 2.06. The first kappa shape index (κ1) is 17.8. The SMILES string of the molecule is Cc1nc(NC(C)c2ccccc2)cc(C(=O)Nc2ccc3c(c2)OCO3)n1. The first-order valence-corrected chi connectivity index (χ1v) is 8.96. The molecule has 28 heavy (non-hydrogen) atoms. The molecule has 4 rings (SSSR count). The lowest BCUT2D eigenvalue weighted by Crippen LogP contribution is -2.16. The highest BCUT2D eigenvalue weighted by Gasteiger charge is 2.16. The molecule has 1 unspecified atom stereocenters. The van der Waals surface area contributed by atoms with E-state index in [1.165, 1.54) is 0 Å². The second-order valence-corrected chi connectivity index (χ2v) is 6.48. The molecule has 2 heterocycles. The zero-order valence-electron chi connectivity index (χ0n) is 15.6. The van der Waals surface area contributed by atoms with Gasteiger partial charge in [0.25, 0.3) is 5.91 Å². The number of hydrogen-bond donors (Lipinski definition) is 2. The first-order valence-electron chi connectivity index (χ1n) is 8.96. The van der Waals surface area contributed by atoms with E-state index >= 15 is 0 Å². The average molecular weight is 376 g/mol. The molecule has 0 radical (unpaired) electrons. The quantitative estimate of drug-likeness (QED) is 0.702. The van der Waals surface area contributed by atoms with E-state index in [9.17, 15) is 4.79 Å². The highest BCUT2D eigenvalue weighted by atomic mass is 16.7. The van der Waals surface area contributed by atoms with Crippen LogP contribution in [0.4, 0.5) is 11.5 Å². The molecule has 142 valence electrons. The maximum absolute atomic E-state index is 12.7. The number of carbonyl (C=O) groups excluding carboxylic acids is 1. The first-order chi connectivity index (χ1) is 13.6. The van der Waals surface area contributed by atoms with Gasteiger partial charge in [0, 0.05) is 23.9 Å². The molecule has 0 aliphatic carbocycles. The van der Waals surface area contributed by atoms with Gasteiger partial charge in [-0.05, 0) is 31.5 Å². The Bertz CT molecular complexity index is 1010. The standard InChI is InChI=1S/C21H20N4O3/c1-13(15-6-4-3-5-7-15)22-20-11-17(23-14(2)24-20)21(26)25-16-8-9-18-19(10-16)28-12-27-18/h3-11,13H,12H2,1-2H3,(H,25,26)(H,22,23,24). The van der Waals surface area contributed by atoms with E-state index in [2.05, 4.69) is 20.6 Å². The van der Waals surface area contributed by atoms with Crippen LogP contribution >= 0.6 is 0 Å². The Morgan fingerprint density at radius 1 is 1.04 bits per heavy atom. The van der Waals surface area contributed by atoms with Gasteiger partial charge < -0.3 is 20.1 Å². The Hall–Kier alpha value is -3.61. The Morgan fingerprint density at radius 3 is 2.64 bits per heavy atom. The van der Waals surface area contributed by atoms with Gasteiger partial charge in [-0.3, -0.25) is 4.79 Å². The minimum absolute atomic E-state index is 0.0419. The van der Waals surface area contributed by atoms with Gasteiger partial charge in [-0.2, -0.15) is 0 Å².